The summed E-state index contributed by atoms with van der Waals surface area (Å²) in [7, 11) is 0. The van der Waals surface area contributed by atoms with Crippen LogP contribution in [0.5, 0.6) is 5.75 Å². The minimum absolute atomic E-state index is 0.0242. The third-order valence-corrected chi connectivity index (χ3v) is 7.13. The second-order valence-electron chi connectivity index (χ2n) is 10.8. The lowest BCUT2D eigenvalue weighted by atomic mass is 9.98. The highest BCUT2D eigenvalue weighted by Gasteiger charge is 2.36. The van der Waals surface area contributed by atoms with Crippen molar-refractivity contribution >= 4 is 17.2 Å². The van der Waals surface area contributed by atoms with Gasteiger partial charge in [-0.25, -0.2) is 13.5 Å². The number of alkyl halides is 2. The van der Waals surface area contributed by atoms with Crippen LogP contribution in [0.1, 0.15) is 88.7 Å². The smallest absolute Gasteiger partial charge is 0.283 e. The molecule has 1 fully saturated rings. The summed E-state index contributed by atoms with van der Waals surface area (Å²) in [5, 5.41) is 5.53. The van der Waals surface area contributed by atoms with Crippen molar-refractivity contribution in [3.63, 3.8) is 0 Å². The van der Waals surface area contributed by atoms with E-state index in [0.717, 1.165) is 17.8 Å². The molecule has 9 heteroatoms. The van der Waals surface area contributed by atoms with Crippen LogP contribution in [0.3, 0.4) is 0 Å². The van der Waals surface area contributed by atoms with Crippen molar-refractivity contribution < 1.29 is 18.3 Å². The Morgan fingerprint density at radius 3 is 2.47 bits per heavy atom. The van der Waals surface area contributed by atoms with Gasteiger partial charge < -0.3 is 4.74 Å². The third-order valence-electron chi connectivity index (χ3n) is 5.76. The standard InChI is InChI=1S/C25H36F2N4O2S/c1-8-9-12-31-23(34-22(29-31)24(2,3)4)28-21(32)18-13-16(20(26)27)10-11-19(18)33-17-14-30(15-17)25(5,6)7/h10-11,13,17,20H,8-9,12,14-15H2,1-7H3/b28-23-. The summed E-state index contributed by atoms with van der Waals surface area (Å²) in [6.07, 6.45) is -0.917. The Kier molecular flexibility index (Phi) is 7.97. The predicted octanol–water partition coefficient (Wildman–Crippen LogP) is 5.58. The van der Waals surface area contributed by atoms with Crippen LogP contribution in [0, 0.1) is 0 Å². The van der Waals surface area contributed by atoms with E-state index in [0.29, 0.717) is 24.4 Å². The zero-order chi connectivity index (χ0) is 25.3. The Morgan fingerprint density at radius 2 is 1.91 bits per heavy atom. The molecule has 34 heavy (non-hydrogen) atoms. The van der Waals surface area contributed by atoms with Gasteiger partial charge in [-0.2, -0.15) is 10.1 Å². The first-order valence-corrected chi connectivity index (χ1v) is 12.6. The molecule has 1 aromatic heterocycles. The maximum atomic E-state index is 13.4. The van der Waals surface area contributed by atoms with Gasteiger partial charge in [0.05, 0.1) is 5.56 Å². The summed E-state index contributed by atoms with van der Waals surface area (Å²) < 4.78 is 34.7. The summed E-state index contributed by atoms with van der Waals surface area (Å²) in [6, 6.07) is 3.97. The van der Waals surface area contributed by atoms with Crippen LogP contribution >= 0.6 is 11.3 Å². The lowest BCUT2D eigenvalue weighted by Crippen LogP contribution is -2.60. The average Bonchev–Trinajstić information content (AvgIpc) is 3.10. The number of ether oxygens (including phenoxy) is 1. The third kappa shape index (κ3) is 6.30. The first-order chi connectivity index (χ1) is 15.8. The molecule has 0 aliphatic carbocycles. The van der Waals surface area contributed by atoms with Crippen molar-refractivity contribution in [2.24, 2.45) is 4.99 Å². The van der Waals surface area contributed by atoms with Gasteiger partial charge in [-0.3, -0.25) is 9.69 Å². The summed E-state index contributed by atoms with van der Waals surface area (Å²) in [5.41, 5.74) is -0.340. The topological polar surface area (TPSA) is 59.7 Å². The molecule has 0 spiro atoms. The molecule has 1 saturated heterocycles. The van der Waals surface area contributed by atoms with Gasteiger partial charge in [-0.05, 0) is 45.4 Å². The molecule has 0 radical (unpaired) electrons. The predicted molar refractivity (Wildman–Crippen MR) is 131 cm³/mol. The first kappa shape index (κ1) is 26.5. The van der Waals surface area contributed by atoms with Crippen LogP contribution in [-0.4, -0.2) is 45.3 Å². The molecule has 2 heterocycles. The van der Waals surface area contributed by atoms with Gasteiger partial charge in [0.2, 0.25) is 4.80 Å². The van der Waals surface area contributed by atoms with Gasteiger partial charge in [-0.15, -0.1) is 0 Å². The molecule has 0 N–H and O–H groups in total. The molecule has 0 atom stereocenters. The highest BCUT2D eigenvalue weighted by atomic mass is 32.1. The summed E-state index contributed by atoms with van der Waals surface area (Å²) >= 11 is 1.36. The highest BCUT2D eigenvalue weighted by molar-refractivity contribution is 7.09. The molecule has 188 valence electrons. The summed E-state index contributed by atoms with van der Waals surface area (Å²) in [6.45, 7) is 16.7. The number of carbonyl (C=O) groups excluding carboxylic acids is 1. The van der Waals surface area contributed by atoms with Crippen LogP contribution in [0.2, 0.25) is 0 Å². The van der Waals surface area contributed by atoms with Gasteiger partial charge >= 0.3 is 0 Å². The monoisotopic (exact) mass is 494 g/mol. The maximum absolute atomic E-state index is 13.4. The van der Waals surface area contributed by atoms with E-state index in [1.54, 1.807) is 4.68 Å². The van der Waals surface area contributed by atoms with Crippen LogP contribution < -0.4 is 9.54 Å². The fraction of sp³-hybridized carbons (Fsp3) is 0.640. The molecule has 2 aromatic rings. The molecular weight excluding hydrogens is 458 g/mol. The number of aryl methyl sites for hydroxylation is 1. The number of amides is 1. The number of aromatic nitrogens is 2. The van der Waals surface area contributed by atoms with Gasteiger partial charge in [0, 0.05) is 36.2 Å². The molecule has 1 amide bonds. The molecule has 1 aliphatic rings. The highest BCUT2D eigenvalue weighted by Crippen LogP contribution is 2.30. The molecule has 1 aromatic carbocycles. The minimum atomic E-state index is -2.69. The van der Waals surface area contributed by atoms with E-state index < -0.39 is 12.3 Å². The lowest BCUT2D eigenvalue weighted by Gasteiger charge is -2.47. The molecule has 0 unspecified atom stereocenters. The Bertz CT molecular complexity index is 1070. The van der Waals surface area contributed by atoms with Crippen LogP contribution in [0.4, 0.5) is 8.78 Å². The largest absolute Gasteiger partial charge is 0.487 e. The lowest BCUT2D eigenvalue weighted by molar-refractivity contribution is -0.0352. The normalized spacial score (nSPS) is 16.2. The maximum Gasteiger partial charge on any atom is 0.283 e. The Morgan fingerprint density at radius 1 is 1.24 bits per heavy atom. The van der Waals surface area contributed by atoms with Crippen molar-refractivity contribution in [3.8, 4) is 5.75 Å². The number of benzene rings is 1. The number of rotatable bonds is 7. The number of hydrogen-bond donors (Lipinski definition) is 0. The molecule has 6 nitrogen and oxygen atoms in total. The van der Waals surface area contributed by atoms with E-state index in [1.807, 2.05) is 0 Å². The Balaban J connectivity index is 1.95. The first-order valence-electron chi connectivity index (χ1n) is 11.8. The molecular formula is C25H36F2N4O2S. The van der Waals surface area contributed by atoms with E-state index in [4.69, 9.17) is 4.74 Å². The van der Waals surface area contributed by atoms with E-state index in [1.165, 1.54) is 29.5 Å². The quantitative estimate of drug-likeness (QED) is 0.504. The molecule has 1 aliphatic heterocycles. The van der Waals surface area contributed by atoms with Crippen LogP contribution in [0.25, 0.3) is 0 Å². The summed E-state index contributed by atoms with van der Waals surface area (Å²) in [4.78, 5) is 20.3. The van der Waals surface area contributed by atoms with Gasteiger partial charge in [0.1, 0.15) is 16.9 Å². The SMILES string of the molecule is CCCCn1nc(C(C)(C)C)s/c1=N\C(=O)c1cc(C(F)F)ccc1OC1CN(C(C)(C)C)C1. The molecule has 3 rings (SSSR count). The number of likely N-dealkylation sites (tertiary alicyclic amines) is 1. The molecule has 0 saturated carbocycles. The number of halogens is 2. The second-order valence-corrected chi connectivity index (χ2v) is 11.8. The zero-order valence-electron chi connectivity index (χ0n) is 21.2. The molecule has 0 bridgehead atoms. The number of unbranched alkanes of at least 4 members (excludes halogenated alkanes) is 1. The fourth-order valence-electron chi connectivity index (χ4n) is 3.49. The number of nitrogens with zero attached hydrogens (tertiary/aromatic N) is 4. The van der Waals surface area contributed by atoms with E-state index >= 15 is 0 Å². The van der Waals surface area contributed by atoms with Crippen molar-refractivity contribution in [1.82, 2.24) is 14.7 Å². The van der Waals surface area contributed by atoms with E-state index in [9.17, 15) is 13.6 Å². The Hall–Kier alpha value is -2.13. The number of hydrogen-bond acceptors (Lipinski definition) is 5. The van der Waals surface area contributed by atoms with E-state index in [2.05, 4.69) is 63.5 Å². The Labute approximate surface area is 204 Å². The van der Waals surface area contributed by atoms with Crippen molar-refractivity contribution in [3.05, 3.63) is 39.1 Å². The van der Waals surface area contributed by atoms with Gasteiger partial charge in [0.25, 0.3) is 12.3 Å². The van der Waals surface area contributed by atoms with Crippen molar-refractivity contribution in [2.45, 2.75) is 91.3 Å². The second kappa shape index (κ2) is 10.2. The van der Waals surface area contributed by atoms with Crippen molar-refractivity contribution in [2.75, 3.05) is 13.1 Å². The zero-order valence-corrected chi connectivity index (χ0v) is 22.0. The van der Waals surface area contributed by atoms with Crippen LogP contribution in [0.15, 0.2) is 23.2 Å². The fourth-order valence-corrected chi connectivity index (χ4v) is 4.47. The summed E-state index contributed by atoms with van der Waals surface area (Å²) in [5.74, 6) is -0.309. The minimum Gasteiger partial charge on any atom is -0.487 e. The van der Waals surface area contributed by atoms with Gasteiger partial charge in [-0.1, -0.05) is 45.5 Å². The van der Waals surface area contributed by atoms with Crippen molar-refractivity contribution in [1.29, 1.82) is 0 Å². The number of carbonyl (C=O) groups is 1. The average molecular weight is 495 g/mol. The van der Waals surface area contributed by atoms with Crippen LogP contribution in [-0.2, 0) is 12.0 Å². The van der Waals surface area contributed by atoms with E-state index in [-0.39, 0.29) is 33.9 Å². The van der Waals surface area contributed by atoms with Gasteiger partial charge in [0.15, 0.2) is 0 Å².